The van der Waals surface area contributed by atoms with E-state index in [9.17, 15) is 9.59 Å². The van der Waals surface area contributed by atoms with Crippen molar-refractivity contribution in [3.05, 3.63) is 59.4 Å². The highest BCUT2D eigenvalue weighted by Crippen LogP contribution is 2.25. The lowest BCUT2D eigenvalue weighted by molar-refractivity contribution is -0.114. The van der Waals surface area contributed by atoms with Crippen LogP contribution in [0.4, 0.5) is 5.69 Å². The number of nitrogens with one attached hydrogen (secondary N) is 1. The molecule has 6 heteroatoms. The average Bonchev–Trinajstić information content (AvgIpc) is 3.11. The Morgan fingerprint density at radius 1 is 1.27 bits per heavy atom. The summed E-state index contributed by atoms with van der Waals surface area (Å²) in [5.41, 5.74) is 8.18. The highest BCUT2D eigenvalue weighted by atomic mass is 16.2. The van der Waals surface area contributed by atoms with Crippen LogP contribution in [0.25, 0.3) is 6.08 Å². The Hall–Kier alpha value is -3.15. The highest BCUT2D eigenvalue weighted by molar-refractivity contribution is 6.32. The molecule has 0 aliphatic carbocycles. The van der Waals surface area contributed by atoms with Gasteiger partial charge in [0.05, 0.1) is 17.0 Å². The molecule has 22 heavy (non-hydrogen) atoms. The number of rotatable bonds is 3. The molecular weight excluding hydrogens is 280 g/mol. The molecule has 2 amide bonds. The van der Waals surface area contributed by atoms with E-state index in [-0.39, 0.29) is 5.91 Å². The summed E-state index contributed by atoms with van der Waals surface area (Å²) in [6.07, 6.45) is 3.55. The molecule has 0 unspecified atom stereocenters. The van der Waals surface area contributed by atoms with Gasteiger partial charge in [-0.05, 0) is 49.4 Å². The van der Waals surface area contributed by atoms with Gasteiger partial charge < -0.3 is 10.7 Å². The molecule has 0 spiro atoms. The van der Waals surface area contributed by atoms with Gasteiger partial charge in [0.25, 0.3) is 5.91 Å². The summed E-state index contributed by atoms with van der Waals surface area (Å²) in [6, 6.07) is 10.2. The van der Waals surface area contributed by atoms with Crippen LogP contribution in [-0.2, 0) is 4.79 Å². The maximum atomic E-state index is 12.5. The Labute approximate surface area is 126 Å². The van der Waals surface area contributed by atoms with Crippen LogP contribution in [0.15, 0.2) is 53.3 Å². The van der Waals surface area contributed by atoms with Gasteiger partial charge in [0.1, 0.15) is 0 Å². The number of amides is 2. The normalized spacial score (nSPS) is 16.2. The minimum absolute atomic E-state index is 0.209. The molecule has 6 nitrogen and oxygen atoms in total. The summed E-state index contributed by atoms with van der Waals surface area (Å²) in [5.74, 6) is -0.717. The Kier molecular flexibility index (Phi) is 3.34. The number of hydrazone groups is 1. The molecule has 0 fully saturated rings. The molecule has 1 aromatic heterocycles. The van der Waals surface area contributed by atoms with Crippen LogP contribution in [-0.4, -0.2) is 22.5 Å². The number of H-pyrrole nitrogens is 1. The number of hydrogen-bond acceptors (Lipinski definition) is 3. The third kappa shape index (κ3) is 2.42. The predicted molar refractivity (Wildman–Crippen MR) is 84.3 cm³/mol. The second kappa shape index (κ2) is 5.33. The molecule has 3 rings (SSSR count). The zero-order valence-electron chi connectivity index (χ0n) is 11.9. The van der Waals surface area contributed by atoms with E-state index in [1.807, 2.05) is 12.1 Å². The Morgan fingerprint density at radius 3 is 2.59 bits per heavy atom. The maximum absolute atomic E-state index is 12.5. The van der Waals surface area contributed by atoms with E-state index >= 15 is 0 Å². The molecule has 1 aliphatic rings. The molecule has 1 aliphatic heterocycles. The lowest BCUT2D eigenvalue weighted by Crippen LogP contribution is -2.21. The molecule has 3 N–H and O–H groups in total. The number of benzene rings is 1. The number of carbonyl (C=O) groups is 2. The lowest BCUT2D eigenvalue weighted by atomic mass is 10.1. The third-order valence-electron chi connectivity index (χ3n) is 3.38. The maximum Gasteiger partial charge on any atom is 0.280 e. The van der Waals surface area contributed by atoms with Gasteiger partial charge in [-0.25, -0.2) is 0 Å². The quantitative estimate of drug-likeness (QED) is 0.846. The molecule has 0 radical (unpaired) electrons. The van der Waals surface area contributed by atoms with E-state index in [2.05, 4.69) is 10.1 Å². The van der Waals surface area contributed by atoms with Gasteiger partial charge in [0, 0.05) is 17.5 Å². The fraction of sp³-hybridized carbons (Fsp3) is 0.0625. The predicted octanol–water partition coefficient (Wildman–Crippen LogP) is 1.92. The van der Waals surface area contributed by atoms with Crippen molar-refractivity contribution in [1.29, 1.82) is 0 Å². The van der Waals surface area contributed by atoms with E-state index in [1.54, 1.807) is 43.5 Å². The fourth-order valence-corrected chi connectivity index (χ4v) is 2.22. The van der Waals surface area contributed by atoms with Crippen molar-refractivity contribution < 1.29 is 9.59 Å². The van der Waals surface area contributed by atoms with Gasteiger partial charge in [-0.3, -0.25) is 9.59 Å². The molecule has 2 aromatic rings. The molecule has 0 saturated carbocycles. The number of primary amides is 1. The van der Waals surface area contributed by atoms with E-state index < -0.39 is 5.91 Å². The zero-order chi connectivity index (χ0) is 15.7. The second-order valence-electron chi connectivity index (χ2n) is 4.90. The summed E-state index contributed by atoms with van der Waals surface area (Å²) in [5, 5.41) is 5.59. The van der Waals surface area contributed by atoms with Crippen molar-refractivity contribution in [3.8, 4) is 0 Å². The minimum atomic E-state index is -0.508. The number of nitrogens with two attached hydrogens (primary N) is 1. The van der Waals surface area contributed by atoms with Crippen LogP contribution in [0, 0.1) is 0 Å². The summed E-state index contributed by atoms with van der Waals surface area (Å²) in [7, 11) is 0. The number of carbonyl (C=O) groups excluding carboxylic acids is 2. The first-order valence-corrected chi connectivity index (χ1v) is 6.71. The number of nitrogens with zero attached hydrogens (tertiary/aromatic N) is 2. The van der Waals surface area contributed by atoms with Crippen molar-refractivity contribution in [1.82, 2.24) is 4.98 Å². The van der Waals surface area contributed by atoms with Gasteiger partial charge in [-0.15, -0.1) is 0 Å². The van der Waals surface area contributed by atoms with Gasteiger partial charge in [-0.2, -0.15) is 10.1 Å². The number of hydrogen-bond donors (Lipinski definition) is 2. The highest BCUT2D eigenvalue weighted by Gasteiger charge is 2.28. The largest absolute Gasteiger partial charge is 0.366 e. The van der Waals surface area contributed by atoms with Crippen molar-refractivity contribution in [2.24, 2.45) is 10.8 Å². The Morgan fingerprint density at radius 2 is 2.00 bits per heavy atom. The minimum Gasteiger partial charge on any atom is -0.366 e. The topological polar surface area (TPSA) is 91.5 Å². The Balaban J connectivity index is 1.91. The van der Waals surface area contributed by atoms with E-state index in [0.29, 0.717) is 22.5 Å². The molecule has 1 aromatic carbocycles. The van der Waals surface area contributed by atoms with Gasteiger partial charge in [0.15, 0.2) is 0 Å². The van der Waals surface area contributed by atoms with E-state index in [0.717, 1.165) is 5.69 Å². The zero-order valence-corrected chi connectivity index (χ0v) is 11.9. The van der Waals surface area contributed by atoms with Crippen LogP contribution in [0.3, 0.4) is 0 Å². The molecule has 110 valence electrons. The summed E-state index contributed by atoms with van der Waals surface area (Å²) < 4.78 is 0. The average molecular weight is 294 g/mol. The van der Waals surface area contributed by atoms with Crippen LogP contribution in [0.2, 0.25) is 0 Å². The van der Waals surface area contributed by atoms with Crippen molar-refractivity contribution in [2.45, 2.75) is 6.92 Å². The van der Waals surface area contributed by atoms with Crippen LogP contribution in [0.1, 0.15) is 23.0 Å². The summed E-state index contributed by atoms with van der Waals surface area (Å²) >= 11 is 0. The molecule has 0 atom stereocenters. The molecule has 0 saturated heterocycles. The van der Waals surface area contributed by atoms with Crippen molar-refractivity contribution in [2.75, 3.05) is 5.01 Å². The first-order chi connectivity index (χ1) is 10.6. The first kappa shape index (κ1) is 13.8. The number of aromatic nitrogens is 1. The van der Waals surface area contributed by atoms with Gasteiger partial charge in [0.2, 0.25) is 5.91 Å². The molecule has 0 bridgehead atoms. The summed E-state index contributed by atoms with van der Waals surface area (Å²) in [4.78, 5) is 26.6. The van der Waals surface area contributed by atoms with Crippen molar-refractivity contribution >= 4 is 29.3 Å². The monoisotopic (exact) mass is 294 g/mol. The Bertz CT molecular complexity index is 786. The number of anilines is 1. The van der Waals surface area contributed by atoms with E-state index in [4.69, 9.17) is 5.73 Å². The second-order valence-corrected chi connectivity index (χ2v) is 4.90. The fourth-order valence-electron chi connectivity index (χ4n) is 2.22. The smallest absolute Gasteiger partial charge is 0.280 e. The third-order valence-corrected chi connectivity index (χ3v) is 3.38. The standard InChI is InChI=1S/C16H14N4O2/c1-10-14(9-12-3-2-8-18-12)16(22)20(19-10)13-6-4-11(5-7-13)15(17)21/h2-9,18H,1H3,(H2,17,21)/b14-9-. The van der Waals surface area contributed by atoms with Crippen LogP contribution in [0.5, 0.6) is 0 Å². The lowest BCUT2D eigenvalue weighted by Gasteiger charge is -2.11. The van der Waals surface area contributed by atoms with Crippen LogP contribution < -0.4 is 10.7 Å². The van der Waals surface area contributed by atoms with Gasteiger partial charge in [-0.1, -0.05) is 0 Å². The van der Waals surface area contributed by atoms with Crippen LogP contribution >= 0.6 is 0 Å². The van der Waals surface area contributed by atoms with E-state index in [1.165, 1.54) is 5.01 Å². The van der Waals surface area contributed by atoms with Gasteiger partial charge >= 0.3 is 0 Å². The first-order valence-electron chi connectivity index (χ1n) is 6.71. The summed E-state index contributed by atoms with van der Waals surface area (Å²) in [6.45, 7) is 1.78. The SMILES string of the molecule is CC1=NN(c2ccc(C(N)=O)cc2)C(=O)/C1=C\c1ccc[nH]1. The number of aromatic amines is 1. The van der Waals surface area contributed by atoms with Crippen molar-refractivity contribution in [3.63, 3.8) is 0 Å². The molecular formula is C16H14N4O2. The molecule has 2 heterocycles.